The van der Waals surface area contributed by atoms with Gasteiger partial charge >= 0.3 is 0 Å². The lowest BCUT2D eigenvalue weighted by atomic mass is 10.0. The lowest BCUT2D eigenvalue weighted by Crippen LogP contribution is -2.15. The van der Waals surface area contributed by atoms with Crippen molar-refractivity contribution >= 4 is 11.9 Å². The van der Waals surface area contributed by atoms with E-state index in [1.807, 2.05) is 25.1 Å². The molecule has 0 unspecified atom stereocenters. The summed E-state index contributed by atoms with van der Waals surface area (Å²) in [5.41, 5.74) is 4.03. The number of fused-ring (bicyclic) bond motifs is 1. The smallest absolute Gasteiger partial charge is 0.185 e. The van der Waals surface area contributed by atoms with Gasteiger partial charge in [-0.3, -0.25) is 4.79 Å². The zero-order chi connectivity index (χ0) is 15.5. The van der Waals surface area contributed by atoms with Crippen molar-refractivity contribution in [3.8, 4) is 11.5 Å². The second-order valence-electron chi connectivity index (χ2n) is 5.42. The minimum absolute atomic E-state index is 0.0445. The largest absolute Gasteiger partial charge is 0.486 e. The number of ketones is 1. The Morgan fingerprint density at radius 2 is 1.77 bits per heavy atom. The van der Waals surface area contributed by atoms with Crippen molar-refractivity contribution in [2.45, 2.75) is 13.8 Å². The fourth-order valence-electron chi connectivity index (χ4n) is 2.47. The van der Waals surface area contributed by atoms with E-state index in [9.17, 15) is 4.79 Å². The molecule has 0 atom stereocenters. The average molecular weight is 294 g/mol. The number of hydrogen-bond donors (Lipinski definition) is 0. The monoisotopic (exact) mass is 294 g/mol. The van der Waals surface area contributed by atoms with Crippen molar-refractivity contribution in [2.75, 3.05) is 13.2 Å². The van der Waals surface area contributed by atoms with Crippen LogP contribution in [0.15, 0.2) is 42.5 Å². The highest BCUT2D eigenvalue weighted by Gasteiger charge is 2.13. The fourth-order valence-corrected chi connectivity index (χ4v) is 2.47. The van der Waals surface area contributed by atoms with E-state index in [-0.39, 0.29) is 5.78 Å². The van der Waals surface area contributed by atoms with E-state index in [4.69, 9.17) is 9.47 Å². The van der Waals surface area contributed by atoms with Crippen LogP contribution in [0.3, 0.4) is 0 Å². The number of carbonyl (C=O) groups excluding carboxylic acids is 1. The molecule has 3 heteroatoms. The van der Waals surface area contributed by atoms with Crippen LogP contribution in [0.1, 0.15) is 27.0 Å². The van der Waals surface area contributed by atoms with Gasteiger partial charge < -0.3 is 9.47 Å². The van der Waals surface area contributed by atoms with E-state index < -0.39 is 0 Å². The maximum Gasteiger partial charge on any atom is 0.185 e. The van der Waals surface area contributed by atoms with Gasteiger partial charge in [-0.25, -0.2) is 0 Å². The molecule has 0 saturated heterocycles. The van der Waals surface area contributed by atoms with E-state index in [0.29, 0.717) is 30.3 Å². The van der Waals surface area contributed by atoms with Gasteiger partial charge in [0.05, 0.1) is 0 Å². The lowest BCUT2D eigenvalue weighted by Gasteiger charge is -2.18. The van der Waals surface area contributed by atoms with Crippen LogP contribution < -0.4 is 9.47 Å². The summed E-state index contributed by atoms with van der Waals surface area (Å²) >= 11 is 0. The normalized spacial score (nSPS) is 13.4. The molecule has 1 aliphatic heterocycles. The number of aryl methyl sites for hydroxylation is 2. The third-order valence-corrected chi connectivity index (χ3v) is 3.67. The molecule has 2 aromatic rings. The van der Waals surface area contributed by atoms with Crippen molar-refractivity contribution in [3.63, 3.8) is 0 Å². The average Bonchev–Trinajstić information content (AvgIpc) is 2.53. The van der Waals surface area contributed by atoms with Crippen LogP contribution in [-0.4, -0.2) is 19.0 Å². The third kappa shape index (κ3) is 3.03. The molecule has 0 amide bonds. The van der Waals surface area contributed by atoms with Crippen molar-refractivity contribution in [2.24, 2.45) is 0 Å². The molecule has 0 spiro atoms. The molecule has 3 nitrogen and oxygen atoms in total. The van der Waals surface area contributed by atoms with Gasteiger partial charge in [0.25, 0.3) is 0 Å². The number of hydrogen-bond acceptors (Lipinski definition) is 3. The molecule has 3 rings (SSSR count). The van der Waals surface area contributed by atoms with E-state index in [1.54, 1.807) is 24.3 Å². The minimum atomic E-state index is -0.0445. The van der Waals surface area contributed by atoms with Gasteiger partial charge in [-0.15, -0.1) is 0 Å². The first-order valence-corrected chi connectivity index (χ1v) is 7.33. The molecule has 0 aromatic heterocycles. The molecule has 0 N–H and O–H groups in total. The van der Waals surface area contributed by atoms with E-state index in [0.717, 1.165) is 11.1 Å². The highest BCUT2D eigenvalue weighted by Crippen LogP contribution is 2.31. The molecular formula is C19H18O3. The topological polar surface area (TPSA) is 35.5 Å². The molecule has 0 fully saturated rings. The predicted octanol–water partition coefficient (Wildman–Crippen LogP) is 3.97. The van der Waals surface area contributed by atoms with Crippen LogP contribution in [0.25, 0.3) is 6.08 Å². The number of rotatable bonds is 3. The molecule has 0 aliphatic carbocycles. The van der Waals surface area contributed by atoms with Gasteiger partial charge in [0.1, 0.15) is 13.2 Å². The Hall–Kier alpha value is -2.55. The zero-order valence-corrected chi connectivity index (χ0v) is 12.8. The molecule has 22 heavy (non-hydrogen) atoms. The maximum absolute atomic E-state index is 12.3. The molecule has 0 radical (unpaired) electrons. The summed E-state index contributed by atoms with van der Waals surface area (Å²) in [5, 5.41) is 0. The summed E-state index contributed by atoms with van der Waals surface area (Å²) in [7, 11) is 0. The Morgan fingerprint density at radius 1 is 1.00 bits per heavy atom. The molecule has 1 aliphatic rings. The second-order valence-corrected chi connectivity index (χ2v) is 5.42. The summed E-state index contributed by atoms with van der Waals surface area (Å²) in [6.07, 6.45) is 3.46. The van der Waals surface area contributed by atoms with Gasteiger partial charge in [0.2, 0.25) is 0 Å². The molecular weight excluding hydrogens is 276 g/mol. The number of ether oxygens (including phenoxy) is 2. The first-order chi connectivity index (χ1) is 10.6. The molecule has 2 aromatic carbocycles. The van der Waals surface area contributed by atoms with Gasteiger partial charge in [0.15, 0.2) is 17.3 Å². The summed E-state index contributed by atoms with van der Waals surface area (Å²) in [5.74, 6) is 1.29. The quantitative estimate of drug-likeness (QED) is 0.634. The summed E-state index contributed by atoms with van der Waals surface area (Å²) in [6, 6.07) is 11.5. The molecule has 0 bridgehead atoms. The molecule has 1 heterocycles. The SMILES string of the molecule is Cc1ccc(/C=C/C(=O)c2ccc3c(c2)OCCO3)c(C)c1. The van der Waals surface area contributed by atoms with Crippen LogP contribution >= 0.6 is 0 Å². The Morgan fingerprint density at radius 3 is 2.55 bits per heavy atom. The zero-order valence-electron chi connectivity index (χ0n) is 12.8. The van der Waals surface area contributed by atoms with E-state index >= 15 is 0 Å². The van der Waals surface area contributed by atoms with E-state index in [1.165, 1.54) is 5.56 Å². The fraction of sp³-hybridized carbons (Fsp3) is 0.211. The number of carbonyl (C=O) groups is 1. The summed E-state index contributed by atoms with van der Waals surface area (Å²) < 4.78 is 11.0. The predicted molar refractivity (Wildman–Crippen MR) is 86.7 cm³/mol. The Labute approximate surface area is 130 Å². The third-order valence-electron chi connectivity index (χ3n) is 3.67. The first kappa shape index (κ1) is 14.4. The Bertz CT molecular complexity index is 744. The van der Waals surface area contributed by atoms with Crippen LogP contribution in [0.4, 0.5) is 0 Å². The summed E-state index contributed by atoms with van der Waals surface area (Å²) in [4.78, 5) is 12.3. The van der Waals surface area contributed by atoms with Gasteiger partial charge in [-0.2, -0.15) is 0 Å². The van der Waals surface area contributed by atoms with Crippen LogP contribution in [0, 0.1) is 13.8 Å². The maximum atomic E-state index is 12.3. The number of allylic oxidation sites excluding steroid dienone is 1. The highest BCUT2D eigenvalue weighted by atomic mass is 16.6. The minimum Gasteiger partial charge on any atom is -0.486 e. The van der Waals surface area contributed by atoms with Crippen molar-refractivity contribution in [1.29, 1.82) is 0 Å². The highest BCUT2D eigenvalue weighted by molar-refractivity contribution is 6.07. The Balaban J connectivity index is 1.80. The van der Waals surface area contributed by atoms with Crippen LogP contribution in [0.5, 0.6) is 11.5 Å². The molecule has 112 valence electrons. The second kappa shape index (κ2) is 6.06. The summed E-state index contributed by atoms with van der Waals surface area (Å²) in [6.45, 7) is 5.16. The van der Waals surface area contributed by atoms with Gasteiger partial charge in [-0.1, -0.05) is 29.8 Å². The van der Waals surface area contributed by atoms with Crippen LogP contribution in [0.2, 0.25) is 0 Å². The Kier molecular flexibility index (Phi) is 3.96. The number of benzene rings is 2. The molecule has 0 saturated carbocycles. The van der Waals surface area contributed by atoms with Gasteiger partial charge in [-0.05, 0) is 49.2 Å². The van der Waals surface area contributed by atoms with Gasteiger partial charge in [0, 0.05) is 5.56 Å². The standard InChI is InChI=1S/C19H18O3/c1-13-3-4-15(14(2)11-13)5-7-17(20)16-6-8-18-19(12-16)22-10-9-21-18/h3-8,11-12H,9-10H2,1-2H3/b7-5+. The lowest BCUT2D eigenvalue weighted by molar-refractivity contribution is 0.104. The van der Waals surface area contributed by atoms with Crippen molar-refractivity contribution in [1.82, 2.24) is 0 Å². The van der Waals surface area contributed by atoms with E-state index in [2.05, 4.69) is 13.0 Å². The first-order valence-electron chi connectivity index (χ1n) is 7.33. The van der Waals surface area contributed by atoms with Crippen molar-refractivity contribution in [3.05, 3.63) is 64.7 Å². The van der Waals surface area contributed by atoms with Crippen molar-refractivity contribution < 1.29 is 14.3 Å². The van der Waals surface area contributed by atoms with Crippen LogP contribution in [-0.2, 0) is 0 Å².